The Hall–Kier alpha value is -3.91. The normalized spacial score (nSPS) is 16.7. The summed E-state index contributed by atoms with van der Waals surface area (Å²) >= 11 is 6.19. The fourth-order valence-electron chi connectivity index (χ4n) is 4.54. The zero-order valence-electron chi connectivity index (χ0n) is 20.6. The van der Waals surface area contributed by atoms with Gasteiger partial charge in [0.15, 0.2) is 11.5 Å². The summed E-state index contributed by atoms with van der Waals surface area (Å²) in [5, 5.41) is 3.40. The van der Waals surface area contributed by atoms with Gasteiger partial charge in [0, 0.05) is 17.6 Å². The summed E-state index contributed by atoms with van der Waals surface area (Å²) in [6.07, 6.45) is 0. The number of hydrogen-bond acceptors (Lipinski definition) is 6. The average Bonchev–Trinajstić information content (AvgIpc) is 2.90. The molecule has 1 heterocycles. The first kappa shape index (κ1) is 25.2. The molecule has 0 unspecified atom stereocenters. The molecule has 0 radical (unpaired) electrons. The first-order chi connectivity index (χ1) is 17.3. The monoisotopic (exact) mass is 510 g/mol. The van der Waals surface area contributed by atoms with Crippen LogP contribution in [0.15, 0.2) is 54.6 Å². The molecule has 2 atom stereocenters. The number of nitrogens with one attached hydrogen (secondary N) is 1. The molecule has 36 heavy (non-hydrogen) atoms. The minimum Gasteiger partial charge on any atom is -0.497 e. The summed E-state index contributed by atoms with van der Waals surface area (Å²) in [5.41, 5.74) is 2.07. The highest BCUT2D eigenvalue weighted by Crippen LogP contribution is 2.46. The number of rotatable bonds is 7. The quantitative estimate of drug-likeness (QED) is 0.485. The molecule has 2 amide bonds. The molecule has 9 heteroatoms. The van der Waals surface area contributed by atoms with Crippen molar-refractivity contribution >= 4 is 29.1 Å². The summed E-state index contributed by atoms with van der Waals surface area (Å²) in [7, 11) is 7.77. The van der Waals surface area contributed by atoms with Crippen molar-refractivity contribution in [2.45, 2.75) is 12.0 Å². The number of carbonyl (C=O) groups is 2. The van der Waals surface area contributed by atoms with Crippen LogP contribution in [-0.2, 0) is 4.79 Å². The van der Waals surface area contributed by atoms with Crippen LogP contribution in [0.3, 0.4) is 0 Å². The van der Waals surface area contributed by atoms with Crippen molar-refractivity contribution in [3.63, 3.8) is 0 Å². The van der Waals surface area contributed by atoms with E-state index in [0.717, 1.165) is 5.56 Å². The number of anilines is 1. The Morgan fingerprint density at radius 2 is 1.50 bits per heavy atom. The molecule has 3 aromatic rings. The number of methoxy groups -OCH3 is 4. The van der Waals surface area contributed by atoms with E-state index < -0.39 is 12.0 Å². The number of carbonyl (C=O) groups excluding carboxylic acids is 2. The maximum absolute atomic E-state index is 14.0. The van der Waals surface area contributed by atoms with E-state index in [1.807, 2.05) is 12.1 Å². The van der Waals surface area contributed by atoms with Crippen molar-refractivity contribution in [2.75, 3.05) is 40.8 Å². The molecule has 1 N–H and O–H groups in total. The number of nitrogens with zero attached hydrogens (tertiary/aromatic N) is 1. The molecule has 0 fully saturated rings. The number of halogens is 1. The minimum absolute atomic E-state index is 0.240. The third-order valence-corrected chi connectivity index (χ3v) is 6.57. The molecule has 188 valence electrons. The van der Waals surface area contributed by atoms with E-state index in [-0.39, 0.29) is 11.8 Å². The van der Waals surface area contributed by atoms with Crippen LogP contribution in [-0.4, -0.2) is 52.2 Å². The first-order valence-corrected chi connectivity index (χ1v) is 11.5. The third kappa shape index (κ3) is 4.52. The van der Waals surface area contributed by atoms with Crippen LogP contribution in [0.2, 0.25) is 5.02 Å². The molecule has 0 bridgehead atoms. The molecule has 4 rings (SSSR count). The second kappa shape index (κ2) is 10.4. The predicted molar refractivity (Wildman–Crippen MR) is 137 cm³/mol. The highest BCUT2D eigenvalue weighted by molar-refractivity contribution is 6.31. The van der Waals surface area contributed by atoms with Gasteiger partial charge in [0.2, 0.25) is 5.91 Å². The zero-order chi connectivity index (χ0) is 26.0. The first-order valence-electron chi connectivity index (χ1n) is 11.1. The minimum atomic E-state index is -0.792. The van der Waals surface area contributed by atoms with Crippen LogP contribution in [0.1, 0.15) is 33.4 Å². The Morgan fingerprint density at radius 1 is 0.861 bits per heavy atom. The second-order valence-corrected chi connectivity index (χ2v) is 8.68. The largest absolute Gasteiger partial charge is 0.497 e. The van der Waals surface area contributed by atoms with E-state index in [4.69, 9.17) is 30.5 Å². The van der Waals surface area contributed by atoms with Gasteiger partial charge in [0.25, 0.3) is 5.91 Å². The SMILES string of the molecule is COc1ccc([C@H]2[C@@H](C(=O)Nc3cc(Cl)ccc3OC)c3cc(OC)c(OC)cc3C(=O)N2C)cc1. The van der Waals surface area contributed by atoms with Gasteiger partial charge in [-0.1, -0.05) is 23.7 Å². The fourth-order valence-corrected chi connectivity index (χ4v) is 4.71. The molecular weight excluding hydrogens is 484 g/mol. The van der Waals surface area contributed by atoms with Gasteiger partial charge >= 0.3 is 0 Å². The van der Waals surface area contributed by atoms with E-state index in [1.54, 1.807) is 61.5 Å². The second-order valence-electron chi connectivity index (χ2n) is 8.24. The van der Waals surface area contributed by atoms with Crippen LogP contribution < -0.4 is 24.3 Å². The average molecular weight is 511 g/mol. The van der Waals surface area contributed by atoms with Crippen molar-refractivity contribution in [3.8, 4) is 23.0 Å². The van der Waals surface area contributed by atoms with Crippen molar-refractivity contribution in [2.24, 2.45) is 0 Å². The van der Waals surface area contributed by atoms with Gasteiger partial charge in [0.05, 0.1) is 46.1 Å². The van der Waals surface area contributed by atoms with Crippen LogP contribution in [0.4, 0.5) is 5.69 Å². The maximum Gasteiger partial charge on any atom is 0.254 e. The fraction of sp³-hybridized carbons (Fsp3) is 0.259. The van der Waals surface area contributed by atoms with E-state index in [9.17, 15) is 9.59 Å². The van der Waals surface area contributed by atoms with E-state index >= 15 is 0 Å². The Morgan fingerprint density at radius 3 is 2.11 bits per heavy atom. The van der Waals surface area contributed by atoms with Crippen LogP contribution in [0.5, 0.6) is 23.0 Å². The summed E-state index contributed by atoms with van der Waals surface area (Å²) < 4.78 is 21.6. The highest BCUT2D eigenvalue weighted by Gasteiger charge is 2.43. The zero-order valence-corrected chi connectivity index (χ0v) is 21.4. The number of amides is 2. The maximum atomic E-state index is 14.0. The standard InChI is InChI=1S/C27H27ClN2O6/c1-30-25(15-6-9-17(33-2)10-7-15)24(26(31)29-20-12-16(28)8-11-21(20)34-3)18-13-22(35-4)23(36-5)14-19(18)27(30)32/h6-14,24-25H,1-5H3,(H,29,31)/t24-,25-/m0/s1. The van der Waals surface area contributed by atoms with E-state index in [2.05, 4.69) is 5.32 Å². The lowest BCUT2D eigenvalue weighted by atomic mass is 9.79. The molecule has 0 aliphatic carbocycles. The number of hydrogen-bond donors (Lipinski definition) is 1. The van der Waals surface area contributed by atoms with Crippen LogP contribution in [0.25, 0.3) is 0 Å². The van der Waals surface area contributed by atoms with Gasteiger partial charge in [-0.2, -0.15) is 0 Å². The van der Waals surface area contributed by atoms with Gasteiger partial charge in [-0.05, 0) is 53.6 Å². The summed E-state index contributed by atoms with van der Waals surface area (Å²) in [6.45, 7) is 0. The molecule has 8 nitrogen and oxygen atoms in total. The molecule has 0 aromatic heterocycles. The Balaban J connectivity index is 1.89. The van der Waals surface area contributed by atoms with Gasteiger partial charge in [-0.15, -0.1) is 0 Å². The van der Waals surface area contributed by atoms with E-state index in [0.29, 0.717) is 44.8 Å². The van der Waals surface area contributed by atoms with Crippen molar-refractivity contribution in [1.29, 1.82) is 0 Å². The van der Waals surface area contributed by atoms with Gasteiger partial charge < -0.3 is 29.2 Å². The Kier molecular flexibility index (Phi) is 7.26. The summed E-state index contributed by atoms with van der Waals surface area (Å²) in [5.74, 6) is 0.568. The van der Waals surface area contributed by atoms with Crippen molar-refractivity contribution < 1.29 is 28.5 Å². The number of fused-ring (bicyclic) bond motifs is 1. The summed E-state index contributed by atoms with van der Waals surface area (Å²) in [4.78, 5) is 29.0. The number of ether oxygens (including phenoxy) is 4. The molecule has 0 spiro atoms. The van der Waals surface area contributed by atoms with E-state index in [1.165, 1.54) is 21.3 Å². The smallest absolute Gasteiger partial charge is 0.254 e. The third-order valence-electron chi connectivity index (χ3n) is 6.33. The van der Waals surface area contributed by atoms with Crippen molar-refractivity contribution in [3.05, 3.63) is 76.3 Å². The molecule has 1 aliphatic rings. The summed E-state index contributed by atoms with van der Waals surface area (Å²) in [6, 6.07) is 14.9. The Labute approximate surface area is 214 Å². The number of benzene rings is 3. The molecule has 3 aromatic carbocycles. The van der Waals surface area contributed by atoms with Gasteiger partial charge in [-0.25, -0.2) is 0 Å². The number of likely N-dealkylation sites (N-methyl/N-ethyl adjacent to an activating group) is 1. The molecule has 0 saturated heterocycles. The molecule has 0 saturated carbocycles. The topological polar surface area (TPSA) is 86.3 Å². The lowest BCUT2D eigenvalue weighted by Crippen LogP contribution is -2.44. The lowest BCUT2D eigenvalue weighted by molar-refractivity contribution is -0.119. The van der Waals surface area contributed by atoms with Crippen LogP contribution >= 0.6 is 11.6 Å². The predicted octanol–water partition coefficient (Wildman–Crippen LogP) is 4.92. The molecular formula is C27H27ClN2O6. The lowest BCUT2D eigenvalue weighted by Gasteiger charge is -2.40. The highest BCUT2D eigenvalue weighted by atomic mass is 35.5. The van der Waals surface area contributed by atoms with Gasteiger partial charge in [-0.3, -0.25) is 9.59 Å². The van der Waals surface area contributed by atoms with Crippen LogP contribution in [0, 0.1) is 0 Å². The van der Waals surface area contributed by atoms with Gasteiger partial charge in [0.1, 0.15) is 11.5 Å². The molecule has 1 aliphatic heterocycles. The van der Waals surface area contributed by atoms with Crippen molar-refractivity contribution in [1.82, 2.24) is 4.90 Å². The Bertz CT molecular complexity index is 1290.